The minimum Gasteiger partial charge on any atom is -0.462 e. The number of ether oxygens (including phenoxy) is 1. The van der Waals surface area contributed by atoms with Crippen LogP contribution in [0.25, 0.3) is 0 Å². The van der Waals surface area contributed by atoms with Gasteiger partial charge in [-0.05, 0) is 36.6 Å². The quantitative estimate of drug-likeness (QED) is 0.581. The average molecular weight is 291 g/mol. The van der Waals surface area contributed by atoms with E-state index in [-0.39, 0.29) is 11.9 Å². The van der Waals surface area contributed by atoms with Crippen molar-refractivity contribution in [2.75, 3.05) is 11.9 Å². The van der Waals surface area contributed by atoms with Gasteiger partial charge in [-0.25, -0.2) is 4.79 Å². The fourth-order valence-corrected chi connectivity index (χ4v) is 1.87. The summed E-state index contributed by atoms with van der Waals surface area (Å²) in [5.41, 5.74) is 1.21. The molecule has 0 aliphatic carbocycles. The number of rotatable bonds is 8. The number of carbonyl (C=O) groups excluding carboxylic acids is 2. The fraction of sp³-hybridized carbons (Fsp3) is 0.529. The number of anilines is 1. The molecule has 0 aliphatic heterocycles. The van der Waals surface area contributed by atoms with Crippen molar-refractivity contribution in [3.05, 3.63) is 29.8 Å². The van der Waals surface area contributed by atoms with Crippen LogP contribution in [-0.2, 0) is 9.53 Å². The first kappa shape index (κ1) is 17.2. The Morgan fingerprint density at radius 2 is 1.81 bits per heavy atom. The third-order valence-electron chi connectivity index (χ3n) is 2.98. The number of hydrogen-bond donors (Lipinski definition) is 1. The van der Waals surface area contributed by atoms with E-state index >= 15 is 0 Å². The van der Waals surface area contributed by atoms with Crippen LogP contribution in [0, 0.1) is 5.92 Å². The van der Waals surface area contributed by atoms with Crippen LogP contribution in [0.3, 0.4) is 0 Å². The van der Waals surface area contributed by atoms with Crippen molar-refractivity contribution in [2.24, 2.45) is 5.92 Å². The largest absolute Gasteiger partial charge is 0.462 e. The van der Waals surface area contributed by atoms with Crippen LogP contribution in [0.4, 0.5) is 5.69 Å². The highest BCUT2D eigenvalue weighted by atomic mass is 16.5. The molecule has 116 valence electrons. The van der Waals surface area contributed by atoms with E-state index < -0.39 is 0 Å². The SMILES string of the molecule is CCCCCOC(=O)c1ccc(NC(=O)CC(C)C)cc1. The minimum atomic E-state index is -0.314. The maximum Gasteiger partial charge on any atom is 0.338 e. The summed E-state index contributed by atoms with van der Waals surface area (Å²) >= 11 is 0. The first-order chi connectivity index (χ1) is 10.0. The number of nitrogens with one attached hydrogen (secondary N) is 1. The Morgan fingerprint density at radius 3 is 2.38 bits per heavy atom. The van der Waals surface area contributed by atoms with Gasteiger partial charge >= 0.3 is 5.97 Å². The number of hydrogen-bond acceptors (Lipinski definition) is 3. The molecule has 0 fully saturated rings. The second-order valence-corrected chi connectivity index (χ2v) is 5.57. The van der Waals surface area contributed by atoms with E-state index in [1.807, 2.05) is 13.8 Å². The molecule has 0 saturated heterocycles. The third-order valence-corrected chi connectivity index (χ3v) is 2.98. The summed E-state index contributed by atoms with van der Waals surface area (Å²) in [5.74, 6) is -0.00609. The van der Waals surface area contributed by atoms with Gasteiger partial charge in [0.1, 0.15) is 0 Å². The van der Waals surface area contributed by atoms with Crippen molar-refractivity contribution >= 4 is 17.6 Å². The Labute approximate surface area is 126 Å². The predicted octanol–water partition coefficient (Wildman–Crippen LogP) is 4.02. The molecule has 0 unspecified atom stereocenters. The normalized spacial score (nSPS) is 10.5. The van der Waals surface area contributed by atoms with Crippen LogP contribution >= 0.6 is 0 Å². The molecule has 1 rings (SSSR count). The van der Waals surface area contributed by atoms with E-state index in [9.17, 15) is 9.59 Å². The predicted molar refractivity (Wildman–Crippen MR) is 84.3 cm³/mol. The number of benzene rings is 1. The molecule has 0 saturated carbocycles. The van der Waals surface area contributed by atoms with Crippen LogP contribution in [0.1, 0.15) is 56.8 Å². The van der Waals surface area contributed by atoms with Crippen LogP contribution in [0.5, 0.6) is 0 Å². The smallest absolute Gasteiger partial charge is 0.338 e. The molecular weight excluding hydrogens is 266 g/mol. The summed E-state index contributed by atoms with van der Waals surface area (Å²) in [6, 6.07) is 6.79. The van der Waals surface area contributed by atoms with E-state index in [4.69, 9.17) is 4.74 Å². The first-order valence-electron chi connectivity index (χ1n) is 7.60. The van der Waals surface area contributed by atoms with Crippen LogP contribution in [0.2, 0.25) is 0 Å². The standard InChI is InChI=1S/C17H25NO3/c1-4-5-6-11-21-17(20)14-7-9-15(10-8-14)18-16(19)12-13(2)3/h7-10,13H,4-6,11-12H2,1-3H3,(H,18,19). The van der Waals surface area contributed by atoms with Gasteiger partial charge in [0.15, 0.2) is 0 Å². The second kappa shape index (κ2) is 9.16. The molecule has 0 radical (unpaired) electrons. The number of esters is 1. The van der Waals surface area contributed by atoms with Gasteiger partial charge in [-0.3, -0.25) is 4.79 Å². The Hall–Kier alpha value is -1.84. The van der Waals surface area contributed by atoms with E-state index in [0.717, 1.165) is 19.3 Å². The summed E-state index contributed by atoms with van der Waals surface area (Å²) in [4.78, 5) is 23.4. The summed E-state index contributed by atoms with van der Waals surface area (Å²) < 4.78 is 5.18. The second-order valence-electron chi connectivity index (χ2n) is 5.57. The molecular formula is C17H25NO3. The van der Waals surface area contributed by atoms with Crippen molar-refractivity contribution in [1.82, 2.24) is 0 Å². The van der Waals surface area contributed by atoms with Crippen molar-refractivity contribution in [2.45, 2.75) is 46.5 Å². The zero-order valence-electron chi connectivity index (χ0n) is 13.1. The molecule has 0 aliphatic rings. The molecule has 21 heavy (non-hydrogen) atoms. The topological polar surface area (TPSA) is 55.4 Å². The lowest BCUT2D eigenvalue weighted by Gasteiger charge is -2.08. The van der Waals surface area contributed by atoms with Gasteiger partial charge in [-0.15, -0.1) is 0 Å². The minimum absolute atomic E-state index is 0.0140. The van der Waals surface area contributed by atoms with Gasteiger partial charge in [0.2, 0.25) is 5.91 Å². The van der Waals surface area contributed by atoms with Crippen LogP contribution in [0.15, 0.2) is 24.3 Å². The number of unbranched alkanes of at least 4 members (excludes halogenated alkanes) is 2. The monoisotopic (exact) mass is 291 g/mol. The number of carbonyl (C=O) groups is 2. The maximum absolute atomic E-state index is 11.8. The van der Waals surface area contributed by atoms with Gasteiger partial charge in [0, 0.05) is 12.1 Å². The molecule has 4 nitrogen and oxygen atoms in total. The molecule has 0 spiro atoms. The number of amides is 1. The van der Waals surface area contributed by atoms with Crippen molar-refractivity contribution in [1.29, 1.82) is 0 Å². The summed E-state index contributed by atoms with van der Waals surface area (Å²) in [5, 5.41) is 2.81. The third kappa shape index (κ3) is 6.93. The van der Waals surface area contributed by atoms with Crippen molar-refractivity contribution < 1.29 is 14.3 Å². The van der Waals surface area contributed by atoms with Gasteiger partial charge in [-0.1, -0.05) is 33.6 Å². The molecule has 1 aromatic rings. The highest BCUT2D eigenvalue weighted by molar-refractivity contribution is 5.93. The van der Waals surface area contributed by atoms with Crippen molar-refractivity contribution in [3.8, 4) is 0 Å². The summed E-state index contributed by atoms with van der Waals surface area (Å²) in [6.07, 6.45) is 3.54. The Morgan fingerprint density at radius 1 is 1.14 bits per heavy atom. The Bertz CT molecular complexity index is 452. The zero-order valence-corrected chi connectivity index (χ0v) is 13.1. The van der Waals surface area contributed by atoms with E-state index in [1.54, 1.807) is 24.3 Å². The average Bonchev–Trinajstić information content (AvgIpc) is 2.43. The summed E-state index contributed by atoms with van der Waals surface area (Å²) in [7, 11) is 0. The highest BCUT2D eigenvalue weighted by Gasteiger charge is 2.08. The van der Waals surface area contributed by atoms with Gasteiger partial charge in [0.05, 0.1) is 12.2 Å². The maximum atomic E-state index is 11.8. The Balaban J connectivity index is 2.46. The molecule has 0 aromatic heterocycles. The Kier molecular flexibility index (Phi) is 7.51. The van der Waals surface area contributed by atoms with Crippen LogP contribution in [-0.4, -0.2) is 18.5 Å². The molecule has 1 N–H and O–H groups in total. The fourth-order valence-electron chi connectivity index (χ4n) is 1.87. The molecule has 1 aromatic carbocycles. The van der Waals surface area contributed by atoms with E-state index in [0.29, 0.717) is 30.2 Å². The molecule has 0 atom stereocenters. The van der Waals surface area contributed by atoms with Gasteiger partial charge < -0.3 is 10.1 Å². The lowest BCUT2D eigenvalue weighted by molar-refractivity contribution is -0.116. The zero-order chi connectivity index (χ0) is 15.7. The van der Waals surface area contributed by atoms with Crippen LogP contribution < -0.4 is 5.32 Å². The molecule has 0 heterocycles. The highest BCUT2D eigenvalue weighted by Crippen LogP contribution is 2.12. The van der Waals surface area contributed by atoms with Gasteiger partial charge in [-0.2, -0.15) is 0 Å². The molecule has 1 amide bonds. The summed E-state index contributed by atoms with van der Waals surface area (Å²) in [6.45, 7) is 6.56. The lowest BCUT2D eigenvalue weighted by atomic mass is 10.1. The van der Waals surface area contributed by atoms with E-state index in [2.05, 4.69) is 12.2 Å². The van der Waals surface area contributed by atoms with E-state index in [1.165, 1.54) is 0 Å². The van der Waals surface area contributed by atoms with Gasteiger partial charge in [0.25, 0.3) is 0 Å². The lowest BCUT2D eigenvalue weighted by Crippen LogP contribution is -2.14. The first-order valence-corrected chi connectivity index (χ1v) is 7.60. The molecule has 4 heteroatoms. The molecule has 0 bridgehead atoms. The van der Waals surface area contributed by atoms with Crippen molar-refractivity contribution in [3.63, 3.8) is 0 Å².